The fourth-order valence-electron chi connectivity index (χ4n) is 3.29. The van der Waals surface area contributed by atoms with Crippen LogP contribution in [0, 0.1) is 6.92 Å². The van der Waals surface area contributed by atoms with E-state index >= 15 is 0 Å². The van der Waals surface area contributed by atoms with Crippen LogP contribution in [0.4, 0.5) is 0 Å². The standard InChI is InChI=1S/C23H21N3O5S/c1-13-5-7-14(8-6-13)9-16-21(27)24-23-26(25-16)22(28)19(32-23)12-15-10-17(29-2)20(31-4)18(11-15)30-3/h5-8,10-12H,9H2,1-4H3. The number of hydrogen-bond donors (Lipinski definition) is 0. The Balaban J connectivity index is 1.80. The van der Waals surface area contributed by atoms with Crippen molar-refractivity contribution in [1.29, 1.82) is 0 Å². The van der Waals surface area contributed by atoms with E-state index in [1.807, 2.05) is 31.2 Å². The molecule has 0 spiro atoms. The average molecular weight is 452 g/mol. The number of ether oxygens (including phenoxy) is 3. The van der Waals surface area contributed by atoms with Gasteiger partial charge in [0.25, 0.3) is 11.1 Å². The molecule has 0 radical (unpaired) electrons. The van der Waals surface area contributed by atoms with Crippen LogP contribution in [-0.2, 0) is 6.42 Å². The van der Waals surface area contributed by atoms with Gasteiger partial charge in [-0.2, -0.15) is 14.6 Å². The molecule has 32 heavy (non-hydrogen) atoms. The van der Waals surface area contributed by atoms with Crippen LogP contribution in [0.15, 0.2) is 46.0 Å². The second-order valence-electron chi connectivity index (χ2n) is 7.09. The van der Waals surface area contributed by atoms with Gasteiger partial charge in [0.15, 0.2) is 11.5 Å². The molecule has 8 nitrogen and oxygen atoms in total. The number of fused-ring (bicyclic) bond motifs is 1. The zero-order chi connectivity index (χ0) is 22.8. The summed E-state index contributed by atoms with van der Waals surface area (Å²) in [5, 5.41) is 4.30. The summed E-state index contributed by atoms with van der Waals surface area (Å²) in [7, 11) is 4.57. The number of aryl methyl sites for hydroxylation is 1. The van der Waals surface area contributed by atoms with Gasteiger partial charge >= 0.3 is 0 Å². The first-order valence-corrected chi connectivity index (χ1v) is 10.5. The Morgan fingerprint density at radius 2 is 1.66 bits per heavy atom. The van der Waals surface area contributed by atoms with Gasteiger partial charge in [0.05, 0.1) is 25.9 Å². The maximum atomic E-state index is 13.0. The largest absolute Gasteiger partial charge is 0.493 e. The van der Waals surface area contributed by atoms with Crippen molar-refractivity contribution in [3.63, 3.8) is 0 Å². The van der Waals surface area contributed by atoms with Gasteiger partial charge in [-0.25, -0.2) is 0 Å². The lowest BCUT2D eigenvalue weighted by atomic mass is 10.1. The molecule has 0 atom stereocenters. The lowest BCUT2D eigenvalue weighted by molar-refractivity contribution is 0.324. The molecule has 9 heteroatoms. The lowest BCUT2D eigenvalue weighted by Crippen LogP contribution is -2.28. The van der Waals surface area contributed by atoms with E-state index in [0.717, 1.165) is 22.5 Å². The molecule has 0 aliphatic heterocycles. The second-order valence-corrected chi connectivity index (χ2v) is 8.10. The van der Waals surface area contributed by atoms with Crippen molar-refractivity contribution in [1.82, 2.24) is 14.6 Å². The first kappa shape index (κ1) is 21.5. The Bertz CT molecular complexity index is 1430. The topological polar surface area (TPSA) is 92.0 Å². The Kier molecular flexibility index (Phi) is 5.91. The minimum Gasteiger partial charge on any atom is -0.493 e. The van der Waals surface area contributed by atoms with E-state index in [9.17, 15) is 9.59 Å². The summed E-state index contributed by atoms with van der Waals surface area (Å²) in [6.45, 7) is 1.99. The highest BCUT2D eigenvalue weighted by molar-refractivity contribution is 7.15. The molecule has 4 aromatic rings. The Morgan fingerprint density at radius 1 is 1.00 bits per heavy atom. The molecule has 0 aliphatic rings. The highest BCUT2D eigenvalue weighted by Crippen LogP contribution is 2.38. The molecule has 0 fully saturated rings. The van der Waals surface area contributed by atoms with Crippen LogP contribution < -0.4 is 29.9 Å². The smallest absolute Gasteiger partial charge is 0.296 e. The van der Waals surface area contributed by atoms with Crippen LogP contribution in [0.5, 0.6) is 17.2 Å². The molecular weight excluding hydrogens is 430 g/mol. The van der Waals surface area contributed by atoms with Crippen LogP contribution in [0.2, 0.25) is 0 Å². The lowest BCUT2D eigenvalue weighted by Gasteiger charge is -2.12. The molecule has 4 rings (SSSR count). The molecule has 0 amide bonds. The van der Waals surface area contributed by atoms with Crippen molar-refractivity contribution >= 4 is 22.4 Å². The fourth-order valence-corrected chi connectivity index (χ4v) is 4.19. The quantitative estimate of drug-likeness (QED) is 0.443. The van der Waals surface area contributed by atoms with Crippen LogP contribution >= 0.6 is 11.3 Å². The van der Waals surface area contributed by atoms with Crippen LogP contribution in [0.3, 0.4) is 0 Å². The number of nitrogens with zero attached hydrogens (tertiary/aromatic N) is 3. The first-order chi connectivity index (χ1) is 15.4. The molecule has 2 aromatic carbocycles. The summed E-state index contributed by atoms with van der Waals surface area (Å²) >= 11 is 1.10. The molecule has 0 unspecified atom stereocenters. The molecule has 2 aromatic heterocycles. The summed E-state index contributed by atoms with van der Waals surface area (Å²) in [4.78, 5) is 29.8. The number of methoxy groups -OCH3 is 3. The molecule has 0 saturated heterocycles. The number of rotatable bonds is 6. The SMILES string of the molecule is COc1cc(C=c2sc3nc(=O)c(Cc4ccc(C)cc4)nn3c2=O)cc(OC)c1OC. The monoisotopic (exact) mass is 451 g/mol. The Morgan fingerprint density at radius 3 is 2.25 bits per heavy atom. The molecule has 0 N–H and O–H groups in total. The van der Waals surface area contributed by atoms with Crippen molar-refractivity contribution < 1.29 is 14.2 Å². The maximum Gasteiger partial charge on any atom is 0.296 e. The van der Waals surface area contributed by atoms with Crippen molar-refractivity contribution in [3.05, 3.63) is 84.0 Å². The third-order valence-electron chi connectivity index (χ3n) is 4.93. The van der Waals surface area contributed by atoms with Crippen molar-refractivity contribution in [2.75, 3.05) is 21.3 Å². The van der Waals surface area contributed by atoms with Gasteiger partial charge in [-0.15, -0.1) is 0 Å². The zero-order valence-electron chi connectivity index (χ0n) is 18.0. The normalized spacial score (nSPS) is 11.7. The van der Waals surface area contributed by atoms with Gasteiger partial charge in [-0.05, 0) is 36.3 Å². The number of benzene rings is 2. The van der Waals surface area contributed by atoms with Crippen LogP contribution in [0.25, 0.3) is 11.0 Å². The molecule has 0 bridgehead atoms. The maximum absolute atomic E-state index is 13.0. The summed E-state index contributed by atoms with van der Waals surface area (Å²) in [6, 6.07) is 11.3. The molecule has 0 saturated carbocycles. The third kappa shape index (κ3) is 4.06. The van der Waals surface area contributed by atoms with E-state index in [0.29, 0.717) is 33.8 Å². The fraction of sp³-hybridized carbons (Fsp3) is 0.217. The van der Waals surface area contributed by atoms with E-state index in [1.54, 1.807) is 18.2 Å². The molecule has 164 valence electrons. The Hall–Kier alpha value is -3.72. The third-order valence-corrected chi connectivity index (χ3v) is 5.89. The minimum absolute atomic E-state index is 0.223. The second kappa shape index (κ2) is 8.80. The number of thiazole rings is 1. The first-order valence-electron chi connectivity index (χ1n) is 9.73. The number of aromatic nitrogens is 3. The van der Waals surface area contributed by atoms with Crippen molar-refractivity contribution in [2.24, 2.45) is 0 Å². The van der Waals surface area contributed by atoms with E-state index in [1.165, 1.54) is 25.8 Å². The molecule has 2 heterocycles. The highest BCUT2D eigenvalue weighted by atomic mass is 32.1. The molecular formula is C23H21N3O5S. The summed E-state index contributed by atoms with van der Waals surface area (Å²) < 4.78 is 17.6. The predicted octanol–water partition coefficient (Wildman–Crippen LogP) is 1.98. The highest BCUT2D eigenvalue weighted by Gasteiger charge is 2.14. The van der Waals surface area contributed by atoms with Gasteiger partial charge in [0.2, 0.25) is 10.7 Å². The van der Waals surface area contributed by atoms with Crippen LogP contribution in [-0.4, -0.2) is 35.9 Å². The van der Waals surface area contributed by atoms with E-state index in [2.05, 4.69) is 10.1 Å². The van der Waals surface area contributed by atoms with E-state index in [4.69, 9.17) is 14.2 Å². The van der Waals surface area contributed by atoms with Crippen molar-refractivity contribution in [3.8, 4) is 17.2 Å². The zero-order valence-corrected chi connectivity index (χ0v) is 18.9. The van der Waals surface area contributed by atoms with Crippen molar-refractivity contribution in [2.45, 2.75) is 13.3 Å². The average Bonchev–Trinajstić information content (AvgIpc) is 3.08. The minimum atomic E-state index is -0.439. The van der Waals surface area contributed by atoms with Gasteiger partial charge < -0.3 is 14.2 Å². The summed E-state index contributed by atoms with van der Waals surface area (Å²) in [6.07, 6.45) is 1.98. The van der Waals surface area contributed by atoms with Gasteiger partial charge in [0, 0.05) is 6.42 Å². The summed E-state index contributed by atoms with van der Waals surface area (Å²) in [5.74, 6) is 1.40. The Labute approximate surface area is 187 Å². The molecule has 0 aliphatic carbocycles. The predicted molar refractivity (Wildman–Crippen MR) is 122 cm³/mol. The van der Waals surface area contributed by atoms with Gasteiger partial charge in [-0.1, -0.05) is 41.2 Å². The van der Waals surface area contributed by atoms with Gasteiger partial charge in [0.1, 0.15) is 5.69 Å². The van der Waals surface area contributed by atoms with Gasteiger partial charge in [-0.3, -0.25) is 9.59 Å². The van der Waals surface area contributed by atoms with E-state index in [-0.39, 0.29) is 16.2 Å². The van der Waals surface area contributed by atoms with Crippen LogP contribution in [0.1, 0.15) is 22.4 Å². The van der Waals surface area contributed by atoms with E-state index < -0.39 is 5.56 Å². The summed E-state index contributed by atoms with van der Waals surface area (Å²) in [5.41, 5.74) is 2.15. The number of hydrogen-bond acceptors (Lipinski definition) is 8.